The standard InChI is InChI=1S/C31H58O14/c1-3-5-31(32)45-30-29-44-28-27-43-26-25-42-24-23-41-22-21-40-20-19-39-18-17-38-16-15-37-14-13-36-12-11-35-10-9-34-8-7-33-6-4-2/h2H,3,5-30H2,1H3. The fraction of sp³-hybridized carbons (Fsp3) is 0.903. The van der Waals surface area contributed by atoms with Gasteiger partial charge in [0.15, 0.2) is 0 Å². The van der Waals surface area contributed by atoms with E-state index in [-0.39, 0.29) is 12.6 Å². The number of hydrogen-bond donors (Lipinski definition) is 0. The summed E-state index contributed by atoms with van der Waals surface area (Å²) in [6.45, 7) is 13.7. The molecule has 0 unspecified atom stereocenters. The third-order valence-corrected chi connectivity index (χ3v) is 5.22. The average molecular weight is 655 g/mol. The molecule has 14 nitrogen and oxygen atoms in total. The zero-order chi connectivity index (χ0) is 32.6. The van der Waals surface area contributed by atoms with Crippen molar-refractivity contribution in [1.29, 1.82) is 0 Å². The van der Waals surface area contributed by atoms with Gasteiger partial charge in [-0.2, -0.15) is 0 Å². The van der Waals surface area contributed by atoms with Crippen molar-refractivity contribution >= 4 is 5.97 Å². The molecular formula is C31H58O14. The molecule has 0 bridgehead atoms. The first kappa shape index (κ1) is 43.5. The minimum Gasteiger partial charge on any atom is -0.463 e. The highest BCUT2D eigenvalue weighted by molar-refractivity contribution is 5.69. The van der Waals surface area contributed by atoms with Gasteiger partial charge >= 0.3 is 5.97 Å². The van der Waals surface area contributed by atoms with Gasteiger partial charge in [-0.25, -0.2) is 0 Å². The fourth-order valence-corrected chi connectivity index (χ4v) is 3.04. The maximum atomic E-state index is 11.2. The second-order valence-electron chi connectivity index (χ2n) is 8.96. The molecule has 0 saturated carbocycles. The van der Waals surface area contributed by atoms with E-state index >= 15 is 0 Å². The van der Waals surface area contributed by atoms with Crippen LogP contribution in [0.5, 0.6) is 0 Å². The predicted molar refractivity (Wildman–Crippen MR) is 165 cm³/mol. The number of ether oxygens (including phenoxy) is 13. The number of rotatable bonds is 39. The van der Waals surface area contributed by atoms with Gasteiger partial charge in [-0.15, -0.1) is 6.42 Å². The van der Waals surface area contributed by atoms with E-state index in [1.165, 1.54) is 0 Å². The van der Waals surface area contributed by atoms with E-state index in [1.807, 2.05) is 6.92 Å². The van der Waals surface area contributed by atoms with Crippen LogP contribution in [0.15, 0.2) is 0 Å². The third-order valence-electron chi connectivity index (χ3n) is 5.22. The molecule has 0 atom stereocenters. The number of carbonyl (C=O) groups excluding carboxylic acids is 1. The first-order chi connectivity index (χ1) is 22.3. The summed E-state index contributed by atoms with van der Waals surface area (Å²) in [7, 11) is 0. The number of carbonyl (C=O) groups is 1. The van der Waals surface area contributed by atoms with Crippen molar-refractivity contribution in [2.45, 2.75) is 19.8 Å². The van der Waals surface area contributed by atoms with Gasteiger partial charge in [0.1, 0.15) is 13.2 Å². The Morgan fingerprint density at radius 2 is 0.622 bits per heavy atom. The summed E-state index contributed by atoms with van der Waals surface area (Å²) < 4.78 is 69.7. The summed E-state index contributed by atoms with van der Waals surface area (Å²) in [4.78, 5) is 11.2. The Kier molecular flexibility index (Phi) is 39.3. The summed E-state index contributed by atoms with van der Waals surface area (Å²) in [6, 6.07) is 0. The molecular weight excluding hydrogens is 596 g/mol. The fourth-order valence-electron chi connectivity index (χ4n) is 3.04. The van der Waals surface area contributed by atoms with Crippen molar-refractivity contribution in [3.05, 3.63) is 0 Å². The van der Waals surface area contributed by atoms with E-state index in [2.05, 4.69) is 5.92 Å². The monoisotopic (exact) mass is 654 g/mol. The molecule has 266 valence electrons. The van der Waals surface area contributed by atoms with Crippen LogP contribution >= 0.6 is 0 Å². The van der Waals surface area contributed by atoms with Crippen LogP contribution in [0.1, 0.15) is 19.8 Å². The van der Waals surface area contributed by atoms with Gasteiger partial charge in [-0.3, -0.25) is 4.79 Å². The van der Waals surface area contributed by atoms with E-state index in [1.54, 1.807) is 0 Å². The van der Waals surface area contributed by atoms with Gasteiger partial charge in [0.05, 0.1) is 152 Å². The van der Waals surface area contributed by atoms with E-state index in [4.69, 9.17) is 68.0 Å². The second kappa shape index (κ2) is 40.6. The molecule has 0 rings (SSSR count). The summed E-state index contributed by atoms with van der Waals surface area (Å²) in [6.07, 6.45) is 6.30. The molecule has 0 aromatic heterocycles. The lowest BCUT2D eigenvalue weighted by Crippen LogP contribution is -2.15. The highest BCUT2D eigenvalue weighted by Gasteiger charge is 2.00. The van der Waals surface area contributed by atoms with Crippen molar-refractivity contribution in [3.63, 3.8) is 0 Å². The Labute approximate surface area is 269 Å². The molecule has 0 aliphatic carbocycles. The first-order valence-corrected chi connectivity index (χ1v) is 15.8. The van der Waals surface area contributed by atoms with Crippen LogP contribution in [0.3, 0.4) is 0 Å². The summed E-state index contributed by atoms with van der Waals surface area (Å²) in [5, 5.41) is 0. The minimum absolute atomic E-state index is 0.190. The van der Waals surface area contributed by atoms with Crippen LogP contribution in [0.25, 0.3) is 0 Å². The molecule has 0 fully saturated rings. The van der Waals surface area contributed by atoms with Crippen LogP contribution in [0, 0.1) is 12.3 Å². The van der Waals surface area contributed by atoms with Gasteiger partial charge in [-0.1, -0.05) is 12.8 Å². The Morgan fingerprint density at radius 3 is 0.844 bits per heavy atom. The van der Waals surface area contributed by atoms with Gasteiger partial charge in [-0.05, 0) is 6.42 Å². The normalized spacial score (nSPS) is 11.2. The van der Waals surface area contributed by atoms with E-state index < -0.39 is 0 Å². The first-order valence-electron chi connectivity index (χ1n) is 15.8. The van der Waals surface area contributed by atoms with Gasteiger partial charge in [0, 0.05) is 6.42 Å². The third kappa shape index (κ3) is 40.5. The Morgan fingerprint density at radius 1 is 0.400 bits per heavy atom. The molecule has 0 aromatic rings. The average Bonchev–Trinajstić information content (AvgIpc) is 3.04. The van der Waals surface area contributed by atoms with Crippen molar-refractivity contribution < 1.29 is 66.4 Å². The molecule has 0 saturated heterocycles. The zero-order valence-corrected chi connectivity index (χ0v) is 27.4. The number of esters is 1. The Balaban J connectivity index is 3.06. The van der Waals surface area contributed by atoms with Crippen LogP contribution in [-0.4, -0.2) is 171 Å². The second-order valence-corrected chi connectivity index (χ2v) is 8.96. The van der Waals surface area contributed by atoms with Gasteiger partial charge in [0.25, 0.3) is 0 Å². The van der Waals surface area contributed by atoms with Crippen molar-refractivity contribution in [2.75, 3.05) is 165 Å². The molecule has 14 heteroatoms. The molecule has 0 N–H and O–H groups in total. The maximum Gasteiger partial charge on any atom is 0.305 e. The van der Waals surface area contributed by atoms with Crippen molar-refractivity contribution in [3.8, 4) is 12.3 Å². The smallest absolute Gasteiger partial charge is 0.305 e. The molecule has 0 radical (unpaired) electrons. The topological polar surface area (TPSA) is 137 Å². The van der Waals surface area contributed by atoms with Crippen LogP contribution < -0.4 is 0 Å². The van der Waals surface area contributed by atoms with Gasteiger partial charge < -0.3 is 61.6 Å². The molecule has 0 amide bonds. The summed E-state index contributed by atoms with van der Waals surface area (Å²) in [5.74, 6) is 2.20. The van der Waals surface area contributed by atoms with Crippen molar-refractivity contribution in [1.82, 2.24) is 0 Å². The van der Waals surface area contributed by atoms with Crippen molar-refractivity contribution in [2.24, 2.45) is 0 Å². The Bertz CT molecular complexity index is 620. The molecule has 0 heterocycles. The highest BCUT2D eigenvalue weighted by atomic mass is 16.6. The van der Waals surface area contributed by atoms with E-state index in [0.717, 1.165) is 6.42 Å². The molecule has 0 aliphatic heterocycles. The number of hydrogen-bond acceptors (Lipinski definition) is 14. The summed E-state index contributed by atoms with van der Waals surface area (Å²) in [5.41, 5.74) is 0. The van der Waals surface area contributed by atoms with Crippen LogP contribution in [0.4, 0.5) is 0 Å². The van der Waals surface area contributed by atoms with E-state index in [0.29, 0.717) is 165 Å². The quantitative estimate of drug-likeness (QED) is 0.0533. The SMILES string of the molecule is C#CCOCCOCCOCCOCCOCCOCCOCCOCCOCCOCCOCCOCCOC(=O)CCC. The minimum atomic E-state index is -0.190. The molecule has 45 heavy (non-hydrogen) atoms. The van der Waals surface area contributed by atoms with E-state index in [9.17, 15) is 4.79 Å². The van der Waals surface area contributed by atoms with Crippen LogP contribution in [0.2, 0.25) is 0 Å². The zero-order valence-electron chi connectivity index (χ0n) is 27.4. The molecule has 0 aliphatic rings. The Hall–Kier alpha value is -1.45. The predicted octanol–water partition coefficient (Wildman–Crippen LogP) is 1.16. The number of terminal acetylenes is 1. The largest absolute Gasteiger partial charge is 0.463 e. The molecule has 0 aromatic carbocycles. The lowest BCUT2D eigenvalue weighted by atomic mass is 10.3. The van der Waals surface area contributed by atoms with Crippen LogP contribution in [-0.2, 0) is 66.4 Å². The van der Waals surface area contributed by atoms with Gasteiger partial charge in [0.2, 0.25) is 0 Å². The molecule has 0 spiro atoms. The lowest BCUT2D eigenvalue weighted by Gasteiger charge is -2.09. The summed E-state index contributed by atoms with van der Waals surface area (Å²) >= 11 is 0. The maximum absolute atomic E-state index is 11.2. The highest BCUT2D eigenvalue weighted by Crippen LogP contribution is 1.91. The lowest BCUT2D eigenvalue weighted by molar-refractivity contribution is -0.145.